The number of carbonyl (C=O) groups excluding carboxylic acids is 1. The number of amides is 1. The predicted octanol–water partition coefficient (Wildman–Crippen LogP) is 2.40. The van der Waals surface area contributed by atoms with Gasteiger partial charge >= 0.3 is 5.97 Å². The molecule has 10 nitrogen and oxygen atoms in total. The number of aliphatic hydroxyl groups is 1. The van der Waals surface area contributed by atoms with Gasteiger partial charge in [0.05, 0.1) is 19.1 Å². The lowest BCUT2D eigenvalue weighted by Crippen LogP contribution is -2.45. The second kappa shape index (κ2) is 12.5. The van der Waals surface area contributed by atoms with Crippen molar-refractivity contribution in [3.8, 4) is 17.5 Å². The molecule has 4 N–H and O–H groups in total. The summed E-state index contributed by atoms with van der Waals surface area (Å²) >= 11 is 0. The minimum absolute atomic E-state index is 0.00267. The maximum atomic E-state index is 13.4. The van der Waals surface area contributed by atoms with Crippen LogP contribution in [0.3, 0.4) is 0 Å². The van der Waals surface area contributed by atoms with Gasteiger partial charge in [0.1, 0.15) is 5.75 Å². The van der Waals surface area contributed by atoms with E-state index < -0.39 is 17.9 Å². The van der Waals surface area contributed by atoms with E-state index in [-0.39, 0.29) is 43.3 Å². The lowest BCUT2D eigenvalue weighted by molar-refractivity contribution is -0.144. The normalized spacial score (nSPS) is 20.8. The van der Waals surface area contributed by atoms with Crippen LogP contribution in [0.15, 0.2) is 30.3 Å². The first-order valence-electron chi connectivity index (χ1n) is 13.5. The van der Waals surface area contributed by atoms with Crippen LogP contribution in [0.25, 0.3) is 0 Å². The van der Waals surface area contributed by atoms with E-state index in [1.54, 1.807) is 4.90 Å². The summed E-state index contributed by atoms with van der Waals surface area (Å²) in [5.74, 6) is -1.49. The van der Waals surface area contributed by atoms with Crippen LogP contribution in [0.5, 0.6) is 17.5 Å². The van der Waals surface area contributed by atoms with Crippen molar-refractivity contribution in [1.82, 2.24) is 14.4 Å². The van der Waals surface area contributed by atoms with E-state index in [1.165, 1.54) is 16.7 Å². The fraction of sp³-hybridized carbons (Fsp3) is 0.571. The number of likely N-dealkylation sites (tertiary alicyclic amines) is 1. The Kier molecular flexibility index (Phi) is 9.17. The minimum Gasteiger partial charge on any atom is -0.494 e. The third kappa shape index (κ3) is 6.07. The Morgan fingerprint density at radius 1 is 1.11 bits per heavy atom. The molecule has 1 aromatic carbocycles. The number of benzene rings is 1. The molecule has 4 rings (SSSR count). The molecule has 1 fully saturated rings. The minimum atomic E-state index is -0.934. The highest BCUT2D eigenvalue weighted by molar-refractivity contribution is 5.79. The number of rotatable bonds is 13. The van der Waals surface area contributed by atoms with Crippen molar-refractivity contribution < 1.29 is 34.8 Å². The maximum absolute atomic E-state index is 13.4. The highest BCUT2D eigenvalue weighted by Gasteiger charge is 2.47. The van der Waals surface area contributed by atoms with E-state index >= 15 is 0 Å². The number of carbonyl (C=O) groups is 2. The average molecular weight is 530 g/mol. The molecule has 2 aliphatic rings. The van der Waals surface area contributed by atoms with Crippen LogP contribution in [-0.2, 0) is 22.6 Å². The summed E-state index contributed by atoms with van der Waals surface area (Å²) in [4.78, 5) is 29.8. The van der Waals surface area contributed by atoms with Gasteiger partial charge in [0.15, 0.2) is 11.8 Å². The molecule has 3 atom stereocenters. The zero-order chi connectivity index (χ0) is 27.2. The molecule has 38 heavy (non-hydrogen) atoms. The lowest BCUT2D eigenvalue weighted by atomic mass is 9.83. The number of unbranched alkanes of at least 4 members (excludes halogenated alkanes) is 1. The van der Waals surface area contributed by atoms with Crippen molar-refractivity contribution >= 4 is 11.9 Å². The number of aliphatic carboxylic acids is 1. The van der Waals surface area contributed by atoms with E-state index in [2.05, 4.69) is 6.92 Å². The van der Waals surface area contributed by atoms with Crippen molar-refractivity contribution in [3.05, 3.63) is 41.5 Å². The first kappa shape index (κ1) is 27.8. The van der Waals surface area contributed by atoms with Gasteiger partial charge in [-0.1, -0.05) is 25.5 Å². The highest BCUT2D eigenvalue weighted by Crippen LogP contribution is 2.41. The summed E-state index contributed by atoms with van der Waals surface area (Å²) in [5, 5.41) is 40.0. The molecule has 10 heteroatoms. The molecule has 1 amide bonds. The summed E-state index contributed by atoms with van der Waals surface area (Å²) in [5.41, 5.74) is 1.98. The fourth-order valence-electron chi connectivity index (χ4n) is 5.81. The van der Waals surface area contributed by atoms with Crippen molar-refractivity contribution in [1.29, 1.82) is 0 Å². The van der Waals surface area contributed by atoms with E-state index in [0.29, 0.717) is 39.1 Å². The Morgan fingerprint density at radius 2 is 1.84 bits per heavy atom. The van der Waals surface area contributed by atoms with Gasteiger partial charge in [0.2, 0.25) is 5.91 Å². The molecule has 2 aliphatic heterocycles. The van der Waals surface area contributed by atoms with E-state index in [4.69, 9.17) is 4.74 Å². The molecule has 0 radical (unpaired) electrons. The van der Waals surface area contributed by atoms with Gasteiger partial charge in [-0.15, -0.1) is 0 Å². The Balaban J connectivity index is 1.61. The summed E-state index contributed by atoms with van der Waals surface area (Å²) < 4.78 is 6.97. The van der Waals surface area contributed by atoms with Crippen molar-refractivity contribution in [2.45, 2.75) is 57.5 Å². The zero-order valence-corrected chi connectivity index (χ0v) is 22.0. The number of ether oxygens (including phenoxy) is 1. The topological polar surface area (TPSA) is 136 Å². The number of carboxylic acids is 1. The third-order valence-electron chi connectivity index (χ3n) is 7.82. The molecular formula is C28H39N3O7. The van der Waals surface area contributed by atoms with E-state index in [1.807, 2.05) is 23.1 Å². The number of hydrogen-bond donors (Lipinski definition) is 4. The number of nitrogens with zero attached hydrogens (tertiary/aromatic N) is 3. The molecule has 1 unspecified atom stereocenters. The zero-order valence-electron chi connectivity index (χ0n) is 22.0. The van der Waals surface area contributed by atoms with Crippen molar-refractivity contribution in [2.24, 2.45) is 5.92 Å². The van der Waals surface area contributed by atoms with Crippen LogP contribution >= 0.6 is 0 Å². The van der Waals surface area contributed by atoms with Gasteiger partial charge in [0, 0.05) is 63.3 Å². The number of hydrogen-bond acceptors (Lipinski definition) is 7. The first-order valence-corrected chi connectivity index (χ1v) is 13.5. The second-order valence-electron chi connectivity index (χ2n) is 10.2. The molecule has 0 saturated carbocycles. The van der Waals surface area contributed by atoms with E-state index in [0.717, 1.165) is 36.1 Å². The molecule has 0 aliphatic carbocycles. The highest BCUT2D eigenvalue weighted by atomic mass is 16.5. The van der Waals surface area contributed by atoms with Crippen LogP contribution < -0.4 is 4.74 Å². The number of carboxylic acid groups (broad SMARTS) is 1. The Labute approximate surface area is 223 Å². The van der Waals surface area contributed by atoms with Gasteiger partial charge in [-0.3, -0.25) is 19.1 Å². The SMILES string of the molecule is CCCCN(CCCO)C(=O)CN1C[C@H](c2ccc3c(c2)CCO3)C(C(=O)O)[C@@H]1CCn1c(O)ccc1O. The quantitative estimate of drug-likeness (QED) is 0.311. The van der Waals surface area contributed by atoms with Crippen LogP contribution in [0.1, 0.15) is 49.7 Å². The molecule has 2 aromatic rings. The summed E-state index contributed by atoms with van der Waals surface area (Å²) in [6, 6.07) is 8.15. The van der Waals surface area contributed by atoms with Crippen LogP contribution in [-0.4, -0.2) is 92.1 Å². The molecule has 1 saturated heterocycles. The Bertz CT molecular complexity index is 1090. The van der Waals surface area contributed by atoms with E-state index in [9.17, 15) is 30.0 Å². The maximum Gasteiger partial charge on any atom is 0.308 e. The van der Waals surface area contributed by atoms with Gasteiger partial charge in [0.25, 0.3) is 0 Å². The summed E-state index contributed by atoms with van der Waals surface area (Å²) in [6.07, 6.45) is 3.39. The molecule has 1 aromatic heterocycles. The number of fused-ring (bicyclic) bond motifs is 1. The third-order valence-corrected chi connectivity index (χ3v) is 7.82. The fourth-order valence-corrected chi connectivity index (χ4v) is 5.81. The number of aliphatic hydroxyl groups excluding tert-OH is 1. The molecule has 3 heterocycles. The Hall–Kier alpha value is -3.24. The second-order valence-corrected chi connectivity index (χ2v) is 10.2. The number of aromatic hydroxyl groups is 2. The van der Waals surface area contributed by atoms with Crippen LogP contribution in [0.2, 0.25) is 0 Å². The van der Waals surface area contributed by atoms with Gasteiger partial charge in [-0.2, -0.15) is 0 Å². The predicted molar refractivity (Wildman–Crippen MR) is 140 cm³/mol. The summed E-state index contributed by atoms with van der Waals surface area (Å²) in [6.45, 7) is 4.39. The van der Waals surface area contributed by atoms with Crippen molar-refractivity contribution in [3.63, 3.8) is 0 Å². The smallest absolute Gasteiger partial charge is 0.308 e. The van der Waals surface area contributed by atoms with Crippen LogP contribution in [0.4, 0.5) is 0 Å². The van der Waals surface area contributed by atoms with Crippen molar-refractivity contribution in [2.75, 3.05) is 39.4 Å². The van der Waals surface area contributed by atoms with Gasteiger partial charge < -0.3 is 30.1 Å². The number of aromatic nitrogens is 1. The largest absolute Gasteiger partial charge is 0.494 e. The standard InChI is InChI=1S/C28H39N3O7/c1-2-3-11-29(12-4-14-32)26(35)18-30-17-21(19-5-6-23-20(16-19)10-15-38-23)27(28(36)37)22(30)9-13-31-24(33)7-8-25(31)34/h5-8,16,21-22,27,32-34H,2-4,9-15,17-18H2,1H3,(H,36,37)/t21-,22+,27?/m1/s1. The first-order chi connectivity index (χ1) is 18.3. The Morgan fingerprint density at radius 3 is 2.53 bits per heavy atom. The van der Waals surface area contributed by atoms with Crippen LogP contribution in [0, 0.1) is 5.92 Å². The average Bonchev–Trinajstić information content (AvgIpc) is 3.59. The lowest BCUT2D eigenvalue weighted by Gasteiger charge is -2.30. The molecule has 0 spiro atoms. The monoisotopic (exact) mass is 529 g/mol. The summed E-state index contributed by atoms with van der Waals surface area (Å²) in [7, 11) is 0. The van der Waals surface area contributed by atoms with Gasteiger partial charge in [-0.05, 0) is 36.5 Å². The molecular weight excluding hydrogens is 490 g/mol. The molecule has 0 bridgehead atoms. The van der Waals surface area contributed by atoms with Gasteiger partial charge in [-0.25, -0.2) is 0 Å². The molecule has 208 valence electrons.